The van der Waals surface area contributed by atoms with Gasteiger partial charge in [0, 0.05) is 31.6 Å². The molecular weight excluding hydrogens is 298 g/mol. The molecule has 3 N–H and O–H groups in total. The van der Waals surface area contributed by atoms with Gasteiger partial charge in [0.05, 0.1) is 5.52 Å². The minimum atomic E-state index is 0. The van der Waals surface area contributed by atoms with E-state index in [1.165, 1.54) is 0 Å². The second kappa shape index (κ2) is 7.11. The fourth-order valence-electron chi connectivity index (χ4n) is 2.91. The number of benzene rings is 1. The minimum Gasteiger partial charge on any atom is -0.362 e. The molecule has 1 aliphatic rings. The van der Waals surface area contributed by atoms with Gasteiger partial charge in [0.1, 0.15) is 5.82 Å². The van der Waals surface area contributed by atoms with E-state index >= 15 is 0 Å². The number of hydrogen-bond acceptors (Lipinski definition) is 5. The third kappa shape index (κ3) is 3.59. The molecule has 0 unspecified atom stereocenters. The van der Waals surface area contributed by atoms with Gasteiger partial charge in [-0.2, -0.15) is 4.98 Å². The van der Waals surface area contributed by atoms with Crippen molar-refractivity contribution in [3.05, 3.63) is 24.3 Å². The number of hydrogen-bond donors (Lipinski definition) is 2. The molecule has 1 aromatic heterocycles. The molecule has 1 fully saturated rings. The Morgan fingerprint density at radius 3 is 2.45 bits per heavy atom. The molecular formula is C16H24ClN5. The second-order valence-corrected chi connectivity index (χ2v) is 6.04. The van der Waals surface area contributed by atoms with E-state index in [4.69, 9.17) is 5.73 Å². The predicted molar refractivity (Wildman–Crippen MR) is 95.0 cm³/mol. The zero-order chi connectivity index (χ0) is 14.8. The van der Waals surface area contributed by atoms with Crippen molar-refractivity contribution in [3.63, 3.8) is 0 Å². The Labute approximate surface area is 137 Å². The molecule has 5 nitrogen and oxygen atoms in total. The van der Waals surface area contributed by atoms with Crippen LogP contribution in [0.4, 0.5) is 11.8 Å². The summed E-state index contributed by atoms with van der Waals surface area (Å²) in [6.07, 6.45) is 4.33. The first kappa shape index (κ1) is 16.8. The van der Waals surface area contributed by atoms with Gasteiger partial charge >= 0.3 is 0 Å². The lowest BCUT2D eigenvalue weighted by molar-refractivity contribution is 0.410. The van der Waals surface area contributed by atoms with E-state index in [0.29, 0.717) is 12.1 Å². The van der Waals surface area contributed by atoms with Crippen molar-refractivity contribution < 1.29 is 0 Å². The lowest BCUT2D eigenvalue weighted by Crippen LogP contribution is -2.33. The van der Waals surface area contributed by atoms with Crippen LogP contribution in [0.3, 0.4) is 0 Å². The molecule has 1 aliphatic carbocycles. The summed E-state index contributed by atoms with van der Waals surface area (Å²) < 4.78 is 0. The number of nitrogens with two attached hydrogens (primary N) is 1. The Morgan fingerprint density at radius 2 is 1.77 bits per heavy atom. The van der Waals surface area contributed by atoms with Crippen LogP contribution in [0.2, 0.25) is 0 Å². The molecule has 0 spiro atoms. The lowest BCUT2D eigenvalue weighted by atomic mass is 9.92. The molecule has 2 aromatic rings. The number of para-hydroxylation sites is 1. The maximum atomic E-state index is 5.96. The summed E-state index contributed by atoms with van der Waals surface area (Å²) in [5, 5.41) is 4.57. The van der Waals surface area contributed by atoms with Crippen molar-refractivity contribution in [1.82, 2.24) is 9.97 Å². The SMILES string of the molecule is CN(C)c1nc(NC2CCC(N)CC2)nc2ccccc12.Cl. The van der Waals surface area contributed by atoms with Crippen molar-refractivity contribution in [2.24, 2.45) is 5.73 Å². The van der Waals surface area contributed by atoms with Gasteiger partial charge in [-0.25, -0.2) is 4.98 Å². The van der Waals surface area contributed by atoms with Gasteiger partial charge in [-0.1, -0.05) is 12.1 Å². The highest BCUT2D eigenvalue weighted by molar-refractivity contribution is 5.90. The molecule has 3 rings (SSSR count). The summed E-state index contributed by atoms with van der Waals surface area (Å²) in [5.74, 6) is 1.67. The highest BCUT2D eigenvalue weighted by atomic mass is 35.5. The molecule has 6 heteroatoms. The van der Waals surface area contributed by atoms with Crippen LogP contribution in [-0.4, -0.2) is 36.1 Å². The first-order valence-corrected chi connectivity index (χ1v) is 7.59. The number of anilines is 2. The largest absolute Gasteiger partial charge is 0.362 e. The second-order valence-electron chi connectivity index (χ2n) is 6.04. The Morgan fingerprint density at radius 1 is 1.09 bits per heavy atom. The topological polar surface area (TPSA) is 67.1 Å². The number of rotatable bonds is 3. The Hall–Kier alpha value is -1.59. The van der Waals surface area contributed by atoms with Crippen molar-refractivity contribution in [2.75, 3.05) is 24.3 Å². The van der Waals surface area contributed by atoms with Crippen LogP contribution in [0.1, 0.15) is 25.7 Å². The first-order chi connectivity index (χ1) is 10.1. The summed E-state index contributed by atoms with van der Waals surface area (Å²) in [5.41, 5.74) is 6.94. The molecule has 0 bridgehead atoms. The van der Waals surface area contributed by atoms with Crippen molar-refractivity contribution in [2.45, 2.75) is 37.8 Å². The van der Waals surface area contributed by atoms with Crippen LogP contribution >= 0.6 is 12.4 Å². The summed E-state index contributed by atoms with van der Waals surface area (Å²) >= 11 is 0. The summed E-state index contributed by atoms with van der Waals surface area (Å²) in [7, 11) is 4.02. The van der Waals surface area contributed by atoms with E-state index in [1.807, 2.05) is 37.2 Å². The number of nitrogens with zero attached hydrogens (tertiary/aromatic N) is 3. The number of halogens is 1. The molecule has 0 aliphatic heterocycles. The average Bonchev–Trinajstić information content (AvgIpc) is 2.48. The van der Waals surface area contributed by atoms with Crippen molar-refractivity contribution in [1.29, 1.82) is 0 Å². The van der Waals surface area contributed by atoms with Gasteiger partial charge in [0.25, 0.3) is 0 Å². The van der Waals surface area contributed by atoms with Gasteiger partial charge in [-0.15, -0.1) is 12.4 Å². The molecule has 1 heterocycles. The Balaban J connectivity index is 0.00000176. The first-order valence-electron chi connectivity index (χ1n) is 7.59. The number of nitrogens with one attached hydrogen (secondary N) is 1. The molecule has 0 radical (unpaired) electrons. The van der Waals surface area contributed by atoms with E-state index in [9.17, 15) is 0 Å². The Kier molecular flexibility index (Phi) is 5.42. The van der Waals surface area contributed by atoms with Gasteiger partial charge in [0.2, 0.25) is 5.95 Å². The Bertz CT molecular complexity index is 623. The van der Waals surface area contributed by atoms with Crippen LogP contribution in [0.15, 0.2) is 24.3 Å². The minimum absolute atomic E-state index is 0. The van der Waals surface area contributed by atoms with Crippen LogP contribution in [-0.2, 0) is 0 Å². The summed E-state index contributed by atoms with van der Waals surface area (Å²) in [6.45, 7) is 0. The molecule has 22 heavy (non-hydrogen) atoms. The third-order valence-electron chi connectivity index (χ3n) is 4.11. The van der Waals surface area contributed by atoms with Crippen LogP contribution in [0.5, 0.6) is 0 Å². The van der Waals surface area contributed by atoms with Crippen LogP contribution in [0, 0.1) is 0 Å². The zero-order valence-electron chi connectivity index (χ0n) is 13.1. The quantitative estimate of drug-likeness (QED) is 0.910. The van der Waals surface area contributed by atoms with E-state index in [1.54, 1.807) is 0 Å². The molecule has 0 atom stereocenters. The normalized spacial score (nSPS) is 21.2. The van der Waals surface area contributed by atoms with Gasteiger partial charge in [-0.3, -0.25) is 0 Å². The standard InChI is InChI=1S/C16H23N5.ClH/c1-21(2)15-13-5-3-4-6-14(13)19-16(20-15)18-12-9-7-11(17)8-10-12;/h3-6,11-12H,7-10,17H2,1-2H3,(H,18,19,20);1H. The zero-order valence-corrected chi connectivity index (χ0v) is 13.9. The van der Waals surface area contributed by atoms with Crippen molar-refractivity contribution in [3.8, 4) is 0 Å². The van der Waals surface area contributed by atoms with Crippen molar-refractivity contribution >= 4 is 35.1 Å². The van der Waals surface area contributed by atoms with Crippen LogP contribution < -0.4 is 16.0 Å². The highest BCUT2D eigenvalue weighted by Gasteiger charge is 2.19. The van der Waals surface area contributed by atoms with Gasteiger partial charge in [-0.05, 0) is 37.8 Å². The monoisotopic (exact) mass is 321 g/mol. The van der Waals surface area contributed by atoms with E-state index in [0.717, 1.165) is 48.4 Å². The number of aromatic nitrogens is 2. The maximum absolute atomic E-state index is 5.96. The number of fused-ring (bicyclic) bond motifs is 1. The molecule has 0 amide bonds. The van der Waals surface area contributed by atoms with E-state index < -0.39 is 0 Å². The summed E-state index contributed by atoms with van der Waals surface area (Å²) in [6, 6.07) is 8.92. The lowest BCUT2D eigenvalue weighted by Gasteiger charge is -2.27. The van der Waals surface area contributed by atoms with Crippen LogP contribution in [0.25, 0.3) is 10.9 Å². The van der Waals surface area contributed by atoms with E-state index in [-0.39, 0.29) is 12.4 Å². The predicted octanol–water partition coefficient (Wildman–Crippen LogP) is 2.80. The average molecular weight is 322 g/mol. The molecule has 120 valence electrons. The fourth-order valence-corrected chi connectivity index (χ4v) is 2.91. The smallest absolute Gasteiger partial charge is 0.225 e. The molecule has 1 aromatic carbocycles. The molecule has 0 saturated heterocycles. The summed E-state index contributed by atoms with van der Waals surface area (Å²) in [4.78, 5) is 11.4. The third-order valence-corrected chi connectivity index (χ3v) is 4.11. The van der Waals surface area contributed by atoms with Gasteiger partial charge in [0.15, 0.2) is 0 Å². The fraction of sp³-hybridized carbons (Fsp3) is 0.500. The molecule has 1 saturated carbocycles. The van der Waals surface area contributed by atoms with E-state index in [2.05, 4.69) is 21.4 Å². The maximum Gasteiger partial charge on any atom is 0.225 e. The highest BCUT2D eigenvalue weighted by Crippen LogP contribution is 2.25. The van der Waals surface area contributed by atoms with Gasteiger partial charge < -0.3 is 16.0 Å².